The minimum absolute atomic E-state index is 0.000741. The van der Waals surface area contributed by atoms with E-state index in [0.717, 1.165) is 25.7 Å². The first-order chi connectivity index (χ1) is 7.56. The van der Waals surface area contributed by atoms with Crippen LogP contribution < -0.4 is 10.6 Å². The van der Waals surface area contributed by atoms with Crippen molar-refractivity contribution in [3.63, 3.8) is 0 Å². The van der Waals surface area contributed by atoms with Crippen molar-refractivity contribution in [3.8, 4) is 0 Å². The molecule has 1 atom stereocenters. The molecule has 1 unspecified atom stereocenters. The van der Waals surface area contributed by atoms with Crippen LogP contribution in [0.3, 0.4) is 0 Å². The minimum atomic E-state index is -1.02. The first-order valence-corrected chi connectivity index (χ1v) is 5.92. The lowest BCUT2D eigenvalue weighted by Gasteiger charge is -2.35. The van der Waals surface area contributed by atoms with Crippen LogP contribution in [0.5, 0.6) is 0 Å². The standard InChI is InChI=1S/C11H22N2O3/c1-12-9(8-13-10(14)15)7-11(16)5-3-2-4-6-11/h9,12-13,16H,2-8H2,1H3,(H,14,15). The molecule has 1 amide bonds. The van der Waals surface area contributed by atoms with Crippen LogP contribution in [0.25, 0.3) is 0 Å². The highest BCUT2D eigenvalue weighted by Gasteiger charge is 2.31. The normalized spacial score (nSPS) is 21.4. The number of likely N-dealkylation sites (N-methyl/N-ethyl adjacent to an activating group) is 1. The first kappa shape index (κ1) is 13.3. The molecule has 0 heterocycles. The Labute approximate surface area is 96.2 Å². The summed E-state index contributed by atoms with van der Waals surface area (Å²) in [6.45, 7) is 0.341. The molecule has 94 valence electrons. The molecule has 1 aliphatic rings. The van der Waals surface area contributed by atoms with Crippen LogP contribution in [-0.2, 0) is 0 Å². The van der Waals surface area contributed by atoms with E-state index in [4.69, 9.17) is 5.11 Å². The number of hydrogen-bond acceptors (Lipinski definition) is 3. The molecule has 1 saturated carbocycles. The number of amides is 1. The van der Waals surface area contributed by atoms with Gasteiger partial charge in [-0.3, -0.25) is 0 Å². The average molecular weight is 230 g/mol. The summed E-state index contributed by atoms with van der Waals surface area (Å²) in [4.78, 5) is 10.4. The first-order valence-electron chi connectivity index (χ1n) is 5.92. The monoisotopic (exact) mass is 230 g/mol. The van der Waals surface area contributed by atoms with Gasteiger partial charge in [-0.05, 0) is 26.3 Å². The average Bonchev–Trinajstić information content (AvgIpc) is 2.25. The lowest BCUT2D eigenvalue weighted by atomic mass is 9.80. The summed E-state index contributed by atoms with van der Waals surface area (Å²) in [7, 11) is 1.79. The van der Waals surface area contributed by atoms with Crippen LogP contribution in [0.1, 0.15) is 38.5 Å². The topological polar surface area (TPSA) is 81.6 Å². The van der Waals surface area contributed by atoms with Gasteiger partial charge in [-0.1, -0.05) is 19.3 Å². The van der Waals surface area contributed by atoms with Crippen LogP contribution in [-0.4, -0.2) is 41.5 Å². The second kappa shape index (κ2) is 6.06. The molecule has 1 rings (SSSR count). The van der Waals surface area contributed by atoms with Crippen molar-refractivity contribution in [2.75, 3.05) is 13.6 Å². The van der Waals surface area contributed by atoms with E-state index in [9.17, 15) is 9.90 Å². The third-order valence-corrected chi connectivity index (χ3v) is 3.32. The Kier molecular flexibility index (Phi) is 5.02. The zero-order chi connectivity index (χ0) is 12.0. The molecule has 0 radical (unpaired) electrons. The third-order valence-electron chi connectivity index (χ3n) is 3.32. The van der Waals surface area contributed by atoms with Gasteiger partial charge in [0.2, 0.25) is 0 Å². The van der Waals surface area contributed by atoms with E-state index in [1.54, 1.807) is 7.05 Å². The van der Waals surface area contributed by atoms with Gasteiger partial charge in [-0.15, -0.1) is 0 Å². The molecule has 0 saturated heterocycles. The molecule has 0 aliphatic heterocycles. The second-order valence-corrected chi connectivity index (χ2v) is 4.66. The van der Waals surface area contributed by atoms with Crippen LogP contribution in [0.4, 0.5) is 4.79 Å². The Morgan fingerprint density at radius 3 is 2.50 bits per heavy atom. The van der Waals surface area contributed by atoms with Gasteiger partial charge in [0.15, 0.2) is 0 Å². The Morgan fingerprint density at radius 2 is 2.00 bits per heavy atom. The fraction of sp³-hybridized carbons (Fsp3) is 0.909. The van der Waals surface area contributed by atoms with Crippen LogP contribution in [0, 0.1) is 0 Å². The molecule has 16 heavy (non-hydrogen) atoms. The summed E-state index contributed by atoms with van der Waals surface area (Å²) in [5, 5.41) is 24.2. The van der Waals surface area contributed by atoms with Crippen molar-refractivity contribution < 1.29 is 15.0 Å². The largest absolute Gasteiger partial charge is 0.465 e. The van der Waals surface area contributed by atoms with Gasteiger partial charge in [-0.2, -0.15) is 0 Å². The molecule has 1 aliphatic carbocycles. The lowest BCUT2D eigenvalue weighted by Crippen LogP contribution is -2.45. The van der Waals surface area contributed by atoms with Crippen molar-refractivity contribution in [2.24, 2.45) is 0 Å². The Hall–Kier alpha value is -0.810. The van der Waals surface area contributed by atoms with E-state index >= 15 is 0 Å². The fourth-order valence-corrected chi connectivity index (χ4v) is 2.36. The van der Waals surface area contributed by atoms with Crippen LogP contribution in [0.2, 0.25) is 0 Å². The van der Waals surface area contributed by atoms with Crippen molar-refractivity contribution in [1.82, 2.24) is 10.6 Å². The molecule has 1 fully saturated rings. The molecule has 4 N–H and O–H groups in total. The molecule has 0 aromatic heterocycles. The van der Waals surface area contributed by atoms with E-state index in [2.05, 4.69) is 10.6 Å². The Balaban J connectivity index is 2.38. The number of rotatable bonds is 5. The van der Waals surface area contributed by atoms with E-state index in [0.29, 0.717) is 13.0 Å². The maximum absolute atomic E-state index is 10.4. The maximum Gasteiger partial charge on any atom is 0.404 e. The number of carboxylic acid groups (broad SMARTS) is 1. The lowest BCUT2D eigenvalue weighted by molar-refractivity contribution is -0.0115. The van der Waals surface area contributed by atoms with Crippen molar-refractivity contribution in [3.05, 3.63) is 0 Å². The Morgan fingerprint density at radius 1 is 1.38 bits per heavy atom. The molecule has 0 aromatic rings. The van der Waals surface area contributed by atoms with Crippen LogP contribution in [0.15, 0.2) is 0 Å². The zero-order valence-corrected chi connectivity index (χ0v) is 9.83. The molecule has 5 nitrogen and oxygen atoms in total. The van der Waals surface area contributed by atoms with Gasteiger partial charge >= 0.3 is 6.09 Å². The summed E-state index contributed by atoms with van der Waals surface area (Å²) in [6, 6.07) is -0.000741. The molecular formula is C11H22N2O3. The number of aliphatic hydroxyl groups is 1. The molecular weight excluding hydrogens is 208 g/mol. The van der Waals surface area contributed by atoms with E-state index < -0.39 is 11.7 Å². The van der Waals surface area contributed by atoms with E-state index in [-0.39, 0.29) is 6.04 Å². The van der Waals surface area contributed by atoms with Gasteiger partial charge in [0.1, 0.15) is 0 Å². The van der Waals surface area contributed by atoms with Gasteiger partial charge < -0.3 is 20.8 Å². The van der Waals surface area contributed by atoms with E-state index in [1.165, 1.54) is 6.42 Å². The number of hydrogen-bond donors (Lipinski definition) is 4. The molecule has 0 bridgehead atoms. The predicted octanol–water partition coefficient (Wildman–Crippen LogP) is 0.927. The summed E-state index contributed by atoms with van der Waals surface area (Å²) >= 11 is 0. The molecule has 5 heteroatoms. The van der Waals surface area contributed by atoms with Crippen molar-refractivity contribution >= 4 is 6.09 Å². The number of carbonyl (C=O) groups is 1. The van der Waals surface area contributed by atoms with Gasteiger partial charge in [0, 0.05) is 12.6 Å². The van der Waals surface area contributed by atoms with Gasteiger partial charge in [0.25, 0.3) is 0 Å². The quantitative estimate of drug-likeness (QED) is 0.566. The number of nitrogens with one attached hydrogen (secondary N) is 2. The van der Waals surface area contributed by atoms with Gasteiger partial charge in [0.05, 0.1) is 5.60 Å². The van der Waals surface area contributed by atoms with Crippen molar-refractivity contribution in [2.45, 2.75) is 50.2 Å². The smallest absolute Gasteiger partial charge is 0.404 e. The van der Waals surface area contributed by atoms with Crippen molar-refractivity contribution in [1.29, 1.82) is 0 Å². The summed E-state index contributed by atoms with van der Waals surface area (Å²) < 4.78 is 0. The predicted molar refractivity (Wildman–Crippen MR) is 61.5 cm³/mol. The highest BCUT2D eigenvalue weighted by molar-refractivity contribution is 5.64. The molecule has 0 aromatic carbocycles. The zero-order valence-electron chi connectivity index (χ0n) is 9.83. The fourth-order valence-electron chi connectivity index (χ4n) is 2.36. The Bertz CT molecular complexity index is 227. The highest BCUT2D eigenvalue weighted by Crippen LogP contribution is 2.31. The second-order valence-electron chi connectivity index (χ2n) is 4.66. The highest BCUT2D eigenvalue weighted by atomic mass is 16.4. The van der Waals surface area contributed by atoms with Gasteiger partial charge in [-0.25, -0.2) is 4.79 Å². The maximum atomic E-state index is 10.4. The SMILES string of the molecule is CNC(CNC(=O)O)CC1(O)CCCCC1. The summed E-state index contributed by atoms with van der Waals surface area (Å²) in [5.74, 6) is 0. The van der Waals surface area contributed by atoms with Crippen LogP contribution >= 0.6 is 0 Å². The van der Waals surface area contributed by atoms with E-state index in [1.807, 2.05) is 0 Å². The third kappa shape index (κ3) is 4.37. The minimum Gasteiger partial charge on any atom is -0.465 e. The molecule has 0 spiro atoms. The summed E-state index contributed by atoms with van der Waals surface area (Å²) in [6.07, 6.45) is 4.59. The summed E-state index contributed by atoms with van der Waals surface area (Å²) in [5.41, 5.74) is -0.605.